The Balaban J connectivity index is 1.61. The molecule has 1 aliphatic carbocycles. The molecule has 0 unspecified atom stereocenters. The van der Waals surface area contributed by atoms with Crippen LogP contribution >= 0.6 is 11.9 Å². The van der Waals surface area contributed by atoms with E-state index < -0.39 is 11.6 Å². The molecule has 0 saturated heterocycles. The molecule has 1 aliphatic heterocycles. The maximum absolute atomic E-state index is 13.5. The Labute approximate surface area is 256 Å². The predicted molar refractivity (Wildman–Crippen MR) is 166 cm³/mol. The van der Waals surface area contributed by atoms with E-state index in [2.05, 4.69) is 41.7 Å². The van der Waals surface area contributed by atoms with Gasteiger partial charge in [-0.1, -0.05) is 44.1 Å². The van der Waals surface area contributed by atoms with Crippen LogP contribution in [-0.4, -0.2) is 45.5 Å². The minimum atomic E-state index is -4.21. The summed E-state index contributed by atoms with van der Waals surface area (Å²) in [5.74, 6) is 0.929. The lowest BCUT2D eigenvalue weighted by Crippen LogP contribution is -2.45. The first-order valence-electron chi connectivity index (χ1n) is 14.9. The number of nitrogens with zero attached hydrogens (tertiary/aromatic N) is 4. The van der Waals surface area contributed by atoms with Crippen LogP contribution in [0.4, 0.5) is 19.0 Å². The monoisotopic (exact) mass is 617 g/mol. The average Bonchev–Trinajstić information content (AvgIpc) is 3.62. The van der Waals surface area contributed by atoms with Gasteiger partial charge in [-0.3, -0.25) is 9.52 Å². The molecular weight excluding hydrogens is 575 g/mol. The smallest absolute Gasteiger partial charge is 0.394 e. The molecule has 1 N–H and O–H groups in total. The summed E-state index contributed by atoms with van der Waals surface area (Å²) in [7, 11) is 0. The zero-order valence-corrected chi connectivity index (χ0v) is 26.1. The van der Waals surface area contributed by atoms with E-state index in [9.17, 15) is 18.0 Å². The number of halogens is 3. The van der Waals surface area contributed by atoms with Gasteiger partial charge in [0.05, 0.1) is 17.6 Å². The number of fused-ring (bicyclic) bond motifs is 1. The highest BCUT2D eigenvalue weighted by atomic mass is 32.2. The lowest BCUT2D eigenvalue weighted by molar-refractivity contribution is -0.190. The molecule has 2 aromatic heterocycles. The second-order valence-electron chi connectivity index (χ2n) is 11.9. The van der Waals surface area contributed by atoms with E-state index in [1.807, 2.05) is 13.0 Å². The lowest BCUT2D eigenvalue weighted by Gasteiger charge is -2.40. The Morgan fingerprint density at radius 1 is 1.14 bits per heavy atom. The van der Waals surface area contributed by atoms with Gasteiger partial charge in [0.25, 0.3) is 5.91 Å². The SMILES string of the molecule is C=C/C1=C\C(=C)CCCCCCC(C)(C)N(CC)c2nc(-n3ccc(OCCC4(C(F)(F)F)CC4)n3)ccc2C(=O)NS1. The van der Waals surface area contributed by atoms with Crippen LogP contribution in [0.3, 0.4) is 0 Å². The molecule has 2 aromatic rings. The second-order valence-corrected chi connectivity index (χ2v) is 12.8. The van der Waals surface area contributed by atoms with Crippen LogP contribution in [0.25, 0.3) is 5.82 Å². The molecule has 0 bridgehead atoms. The first-order chi connectivity index (χ1) is 20.4. The summed E-state index contributed by atoms with van der Waals surface area (Å²) in [4.78, 5) is 21.4. The van der Waals surface area contributed by atoms with Crippen molar-refractivity contribution >= 4 is 23.7 Å². The van der Waals surface area contributed by atoms with E-state index >= 15 is 0 Å². The molecule has 1 amide bonds. The molecule has 0 aromatic carbocycles. The van der Waals surface area contributed by atoms with Crippen molar-refractivity contribution in [2.45, 2.75) is 90.3 Å². The van der Waals surface area contributed by atoms with Crippen LogP contribution in [0.2, 0.25) is 0 Å². The van der Waals surface area contributed by atoms with Gasteiger partial charge >= 0.3 is 6.18 Å². The zero-order valence-electron chi connectivity index (χ0n) is 25.3. The fourth-order valence-electron chi connectivity index (χ4n) is 5.46. The largest absolute Gasteiger partial charge is 0.477 e. The van der Waals surface area contributed by atoms with Crippen LogP contribution in [0.1, 0.15) is 88.9 Å². The van der Waals surface area contributed by atoms with E-state index in [0.29, 0.717) is 23.7 Å². The summed E-state index contributed by atoms with van der Waals surface area (Å²) in [6.07, 6.45) is 7.42. The lowest BCUT2D eigenvalue weighted by atomic mass is 9.93. The summed E-state index contributed by atoms with van der Waals surface area (Å²) in [5.41, 5.74) is -0.482. The predicted octanol–water partition coefficient (Wildman–Crippen LogP) is 8.34. The number of alkyl halides is 3. The molecule has 2 aliphatic rings. The topological polar surface area (TPSA) is 72.3 Å². The number of amides is 1. The van der Waals surface area contributed by atoms with Crippen molar-refractivity contribution in [3.63, 3.8) is 0 Å². The number of aromatic nitrogens is 3. The van der Waals surface area contributed by atoms with Crippen molar-refractivity contribution in [1.82, 2.24) is 19.5 Å². The fourth-order valence-corrected chi connectivity index (χ4v) is 6.09. The van der Waals surface area contributed by atoms with Gasteiger partial charge in [-0.2, -0.15) is 13.2 Å². The third-order valence-corrected chi connectivity index (χ3v) is 9.15. The molecule has 3 heterocycles. The number of hydrogen-bond donors (Lipinski definition) is 1. The van der Waals surface area contributed by atoms with Crippen molar-refractivity contribution in [2.75, 3.05) is 18.1 Å². The van der Waals surface area contributed by atoms with Gasteiger partial charge < -0.3 is 9.64 Å². The van der Waals surface area contributed by atoms with E-state index in [4.69, 9.17) is 9.72 Å². The number of carbonyl (C=O) groups excluding carboxylic acids is 1. The van der Waals surface area contributed by atoms with E-state index in [1.165, 1.54) is 16.6 Å². The number of rotatable bonds is 7. The first-order valence-corrected chi connectivity index (χ1v) is 15.7. The Bertz CT molecular complexity index is 1350. The quantitative estimate of drug-likeness (QED) is 0.315. The van der Waals surface area contributed by atoms with Crippen LogP contribution < -0.4 is 14.4 Å². The number of ether oxygens (including phenoxy) is 1. The van der Waals surface area contributed by atoms with Crippen molar-refractivity contribution in [1.29, 1.82) is 0 Å². The highest BCUT2D eigenvalue weighted by molar-refractivity contribution is 8.01. The molecule has 11 heteroatoms. The Kier molecular flexibility index (Phi) is 10.4. The number of pyridine rings is 1. The van der Waals surface area contributed by atoms with Crippen molar-refractivity contribution < 1.29 is 22.7 Å². The number of nitrogens with one attached hydrogen (secondary N) is 1. The van der Waals surface area contributed by atoms with Gasteiger partial charge in [-0.15, -0.1) is 5.10 Å². The van der Waals surface area contributed by atoms with Gasteiger partial charge in [-0.05, 0) is 89.5 Å². The van der Waals surface area contributed by atoms with Gasteiger partial charge in [-0.25, -0.2) is 9.67 Å². The third kappa shape index (κ3) is 8.04. The van der Waals surface area contributed by atoms with Gasteiger partial charge in [0.2, 0.25) is 5.88 Å². The van der Waals surface area contributed by atoms with Crippen LogP contribution in [0.15, 0.2) is 60.2 Å². The highest BCUT2D eigenvalue weighted by Crippen LogP contribution is 2.59. The van der Waals surface area contributed by atoms with Crippen LogP contribution in [0, 0.1) is 5.41 Å². The molecule has 4 rings (SSSR count). The van der Waals surface area contributed by atoms with E-state index in [1.54, 1.807) is 30.5 Å². The molecule has 7 nitrogen and oxygen atoms in total. The van der Waals surface area contributed by atoms with Crippen LogP contribution in [0.5, 0.6) is 5.88 Å². The Morgan fingerprint density at radius 3 is 2.56 bits per heavy atom. The minimum absolute atomic E-state index is 0.0712. The molecule has 0 atom stereocenters. The zero-order chi connectivity index (χ0) is 31.3. The summed E-state index contributed by atoms with van der Waals surface area (Å²) in [6.45, 7) is 15.0. The number of anilines is 1. The molecule has 1 saturated carbocycles. The Hall–Kier alpha value is -3.21. The fraction of sp³-hybridized carbons (Fsp3) is 0.531. The van der Waals surface area contributed by atoms with E-state index in [-0.39, 0.29) is 43.2 Å². The summed E-state index contributed by atoms with van der Waals surface area (Å²) >= 11 is 1.19. The van der Waals surface area contributed by atoms with Crippen molar-refractivity contribution in [3.05, 3.63) is 65.7 Å². The average molecular weight is 618 g/mol. The van der Waals surface area contributed by atoms with Crippen molar-refractivity contribution in [3.8, 4) is 11.7 Å². The molecule has 234 valence electrons. The molecule has 0 spiro atoms. The number of allylic oxidation sites excluding steroid dienone is 3. The summed E-state index contributed by atoms with van der Waals surface area (Å²) in [5, 5.41) is 4.41. The number of hydrogen-bond acceptors (Lipinski definition) is 6. The normalized spacial score (nSPS) is 20.9. The Morgan fingerprint density at radius 2 is 1.88 bits per heavy atom. The van der Waals surface area contributed by atoms with Gasteiger partial charge in [0.1, 0.15) is 5.82 Å². The maximum atomic E-state index is 13.5. The van der Waals surface area contributed by atoms with Gasteiger partial charge in [0.15, 0.2) is 5.82 Å². The van der Waals surface area contributed by atoms with E-state index in [0.717, 1.165) is 49.0 Å². The molecular formula is C32H42F3N5O2S. The first kappa shape index (κ1) is 32.7. The summed E-state index contributed by atoms with van der Waals surface area (Å²) < 4.78 is 49.9. The van der Waals surface area contributed by atoms with Gasteiger partial charge in [0, 0.05) is 29.3 Å². The summed E-state index contributed by atoms with van der Waals surface area (Å²) in [6, 6.07) is 5.04. The van der Waals surface area contributed by atoms with Crippen LogP contribution in [-0.2, 0) is 0 Å². The second kappa shape index (κ2) is 13.6. The minimum Gasteiger partial charge on any atom is -0.477 e. The maximum Gasteiger partial charge on any atom is 0.394 e. The molecule has 1 fully saturated rings. The van der Waals surface area contributed by atoms with Crippen molar-refractivity contribution in [2.24, 2.45) is 5.41 Å². The molecule has 43 heavy (non-hydrogen) atoms. The highest BCUT2D eigenvalue weighted by Gasteiger charge is 2.62. The standard InChI is InChI=1S/C32H42F3N5O2S/c1-6-24-22-23(3)12-10-8-9-11-16-30(4,5)39(7-2)28-25(29(41)38-43-24)13-14-26(36-28)40-20-15-27(37-40)42-21-19-31(17-18-31)32(33,34)35/h6,13-15,20,22H,1,3,7-12,16-19,21H2,2,4-5H3,(H,38,41)/b24-22+. The number of carbonyl (C=O) groups is 1. The molecule has 0 radical (unpaired) electrons. The third-order valence-electron chi connectivity index (χ3n) is 8.34.